The number of nitrogens with zero attached hydrogens (tertiary/aromatic N) is 3. The molecule has 0 aliphatic carbocycles. The van der Waals surface area contributed by atoms with Gasteiger partial charge >= 0.3 is 11.7 Å². The summed E-state index contributed by atoms with van der Waals surface area (Å²) in [6.07, 6.45) is 4.08. The van der Waals surface area contributed by atoms with Gasteiger partial charge in [0.15, 0.2) is 11.2 Å². The van der Waals surface area contributed by atoms with E-state index in [0.29, 0.717) is 30.1 Å². The van der Waals surface area contributed by atoms with Crippen molar-refractivity contribution < 1.29 is 13.9 Å². The van der Waals surface area contributed by atoms with Crippen LogP contribution in [0.1, 0.15) is 55.6 Å². The van der Waals surface area contributed by atoms with E-state index in [1.807, 2.05) is 39.8 Å². The molecule has 4 aromatic rings. The van der Waals surface area contributed by atoms with Crippen molar-refractivity contribution in [2.24, 2.45) is 0 Å². The lowest BCUT2D eigenvalue weighted by Crippen LogP contribution is -2.31. The van der Waals surface area contributed by atoms with Crippen LogP contribution >= 0.6 is 0 Å². The number of hydrogen-bond donors (Lipinski definition) is 1. The summed E-state index contributed by atoms with van der Waals surface area (Å²) in [6, 6.07) is 3.96. The number of imidazole rings is 1. The molecule has 0 unspecified atom stereocenters. The maximum atomic E-state index is 12.7. The molecule has 3 aromatic heterocycles. The summed E-state index contributed by atoms with van der Waals surface area (Å²) < 4.78 is 14.5. The zero-order chi connectivity index (χ0) is 24.4. The van der Waals surface area contributed by atoms with Gasteiger partial charge in [-0.05, 0) is 37.8 Å². The smallest absolute Gasteiger partial charge is 0.330 e. The Morgan fingerprint density at radius 1 is 1.12 bits per heavy atom. The molecule has 9 nitrogen and oxygen atoms in total. The van der Waals surface area contributed by atoms with Gasteiger partial charge in [0, 0.05) is 24.0 Å². The van der Waals surface area contributed by atoms with Gasteiger partial charge in [0.1, 0.15) is 18.0 Å². The van der Waals surface area contributed by atoms with Crippen molar-refractivity contribution in [2.45, 2.75) is 73.1 Å². The standard InChI is InChI=1S/C25H30N4O5/c1-5-7-11-29-23-21(24(31)27-25(29)32)28(10-6-2)19(26-23)14-33-20(30)12-17-13-34-22-16(4)15(3)8-9-18(17)22/h8-9,13H,5-7,10-12,14H2,1-4H3,(H,27,31,32). The minimum Gasteiger partial charge on any atom is -0.464 e. The van der Waals surface area contributed by atoms with Crippen molar-refractivity contribution in [3.8, 4) is 0 Å². The molecule has 34 heavy (non-hydrogen) atoms. The molecule has 9 heteroatoms. The third kappa shape index (κ3) is 4.30. The van der Waals surface area contributed by atoms with E-state index in [1.165, 1.54) is 4.57 Å². The Kier molecular flexibility index (Phi) is 6.72. The number of fused-ring (bicyclic) bond motifs is 2. The van der Waals surface area contributed by atoms with Crippen molar-refractivity contribution in [1.82, 2.24) is 19.1 Å². The van der Waals surface area contributed by atoms with Gasteiger partial charge in [-0.2, -0.15) is 0 Å². The number of aryl methyl sites for hydroxylation is 4. The van der Waals surface area contributed by atoms with Gasteiger partial charge in [-0.25, -0.2) is 9.78 Å². The maximum Gasteiger partial charge on any atom is 0.330 e. The molecule has 0 spiro atoms. The second kappa shape index (κ2) is 9.70. The quantitative estimate of drug-likeness (QED) is 0.376. The first kappa shape index (κ1) is 23.5. The van der Waals surface area contributed by atoms with E-state index in [1.54, 1.807) is 10.8 Å². The summed E-state index contributed by atoms with van der Waals surface area (Å²) >= 11 is 0. The molecule has 0 fully saturated rings. The van der Waals surface area contributed by atoms with E-state index in [4.69, 9.17) is 9.15 Å². The first-order valence-corrected chi connectivity index (χ1v) is 11.7. The highest BCUT2D eigenvalue weighted by Gasteiger charge is 2.20. The second-order valence-electron chi connectivity index (χ2n) is 8.60. The number of benzene rings is 1. The molecule has 0 saturated carbocycles. The molecule has 3 heterocycles. The summed E-state index contributed by atoms with van der Waals surface area (Å²) in [5, 5.41) is 0.893. The predicted octanol–water partition coefficient (Wildman–Crippen LogP) is 3.75. The summed E-state index contributed by atoms with van der Waals surface area (Å²) in [5.74, 6) is 0.0170. The van der Waals surface area contributed by atoms with Crippen LogP contribution in [0, 0.1) is 13.8 Å². The Hall–Kier alpha value is -3.62. The summed E-state index contributed by atoms with van der Waals surface area (Å²) in [4.78, 5) is 44.6. The predicted molar refractivity (Wildman–Crippen MR) is 129 cm³/mol. The molecule has 1 N–H and O–H groups in total. The van der Waals surface area contributed by atoms with Gasteiger partial charge in [0.25, 0.3) is 5.56 Å². The summed E-state index contributed by atoms with van der Waals surface area (Å²) in [5.41, 5.74) is 3.40. The van der Waals surface area contributed by atoms with Crippen molar-refractivity contribution in [1.29, 1.82) is 0 Å². The first-order valence-electron chi connectivity index (χ1n) is 11.7. The number of carbonyl (C=O) groups excluding carboxylic acids is 1. The molecule has 180 valence electrons. The number of furan rings is 1. The second-order valence-corrected chi connectivity index (χ2v) is 8.60. The largest absolute Gasteiger partial charge is 0.464 e. The van der Waals surface area contributed by atoms with Crippen LogP contribution in [0.4, 0.5) is 0 Å². The molecule has 0 bridgehead atoms. The topological polar surface area (TPSA) is 112 Å². The Labute approximate surface area is 196 Å². The Morgan fingerprint density at radius 2 is 1.91 bits per heavy atom. The van der Waals surface area contributed by atoms with Gasteiger partial charge in [0.05, 0.1) is 12.7 Å². The van der Waals surface area contributed by atoms with Gasteiger partial charge < -0.3 is 13.7 Å². The third-order valence-corrected chi connectivity index (χ3v) is 6.19. The number of aromatic nitrogens is 4. The number of ether oxygens (including phenoxy) is 1. The number of hydrogen-bond acceptors (Lipinski definition) is 6. The Morgan fingerprint density at radius 3 is 2.65 bits per heavy atom. The number of unbranched alkanes of at least 4 members (excludes halogenated alkanes) is 1. The van der Waals surface area contributed by atoms with Crippen molar-refractivity contribution >= 4 is 28.1 Å². The van der Waals surface area contributed by atoms with Gasteiger partial charge in [-0.3, -0.25) is 19.1 Å². The highest BCUT2D eigenvalue weighted by Crippen LogP contribution is 2.27. The molecular weight excluding hydrogens is 436 g/mol. The molecule has 0 atom stereocenters. The minimum atomic E-state index is -0.484. The average molecular weight is 467 g/mol. The molecule has 4 rings (SSSR count). The normalized spacial score (nSPS) is 11.5. The number of aromatic amines is 1. The summed E-state index contributed by atoms with van der Waals surface area (Å²) in [7, 11) is 0. The lowest BCUT2D eigenvalue weighted by molar-refractivity contribution is -0.144. The third-order valence-electron chi connectivity index (χ3n) is 6.19. The van der Waals surface area contributed by atoms with Crippen LogP contribution in [0.15, 0.2) is 32.4 Å². The number of rotatable bonds is 9. The molecule has 0 aliphatic heterocycles. The van der Waals surface area contributed by atoms with Crippen LogP contribution in [0.25, 0.3) is 22.1 Å². The van der Waals surface area contributed by atoms with Crippen LogP contribution in [0.3, 0.4) is 0 Å². The zero-order valence-corrected chi connectivity index (χ0v) is 20.1. The number of H-pyrrole nitrogens is 1. The maximum absolute atomic E-state index is 12.7. The van der Waals surface area contributed by atoms with E-state index in [9.17, 15) is 14.4 Å². The van der Waals surface area contributed by atoms with E-state index in [-0.39, 0.29) is 13.0 Å². The molecular formula is C25H30N4O5. The van der Waals surface area contributed by atoms with E-state index < -0.39 is 17.2 Å². The lowest BCUT2D eigenvalue weighted by Gasteiger charge is -2.08. The lowest BCUT2D eigenvalue weighted by atomic mass is 10.0. The number of esters is 1. The SMILES string of the molecule is CCCCn1c(=O)[nH]c(=O)c2c1nc(COC(=O)Cc1coc3c(C)c(C)ccc13)n2CCC. The van der Waals surface area contributed by atoms with Crippen LogP contribution in [0.5, 0.6) is 0 Å². The van der Waals surface area contributed by atoms with Crippen LogP contribution in [0.2, 0.25) is 0 Å². The van der Waals surface area contributed by atoms with E-state index in [2.05, 4.69) is 9.97 Å². The minimum absolute atomic E-state index is 0.0608. The average Bonchev–Trinajstić information content (AvgIpc) is 3.37. The Balaban J connectivity index is 1.60. The van der Waals surface area contributed by atoms with Gasteiger partial charge in [0.2, 0.25) is 0 Å². The highest BCUT2D eigenvalue weighted by atomic mass is 16.5. The fraction of sp³-hybridized carbons (Fsp3) is 0.440. The molecule has 0 amide bonds. The van der Waals surface area contributed by atoms with E-state index in [0.717, 1.165) is 46.9 Å². The van der Waals surface area contributed by atoms with Crippen molar-refractivity contribution in [3.05, 3.63) is 61.7 Å². The number of nitrogens with one attached hydrogen (secondary N) is 1. The van der Waals surface area contributed by atoms with Crippen LogP contribution in [-0.4, -0.2) is 25.1 Å². The molecule has 0 radical (unpaired) electrons. The number of carbonyl (C=O) groups is 1. The van der Waals surface area contributed by atoms with Crippen LogP contribution in [-0.2, 0) is 35.6 Å². The monoisotopic (exact) mass is 466 g/mol. The van der Waals surface area contributed by atoms with E-state index >= 15 is 0 Å². The molecule has 1 aromatic carbocycles. The Bertz CT molecular complexity index is 1470. The fourth-order valence-corrected chi connectivity index (χ4v) is 4.19. The van der Waals surface area contributed by atoms with Crippen LogP contribution < -0.4 is 11.2 Å². The molecule has 0 aliphatic rings. The van der Waals surface area contributed by atoms with Crippen molar-refractivity contribution in [2.75, 3.05) is 0 Å². The molecule has 0 saturated heterocycles. The summed E-state index contributed by atoms with van der Waals surface area (Å²) in [6.45, 7) is 8.89. The van der Waals surface area contributed by atoms with Gasteiger partial charge in [-0.1, -0.05) is 32.4 Å². The fourth-order valence-electron chi connectivity index (χ4n) is 4.19. The van der Waals surface area contributed by atoms with Crippen molar-refractivity contribution in [3.63, 3.8) is 0 Å². The highest BCUT2D eigenvalue weighted by molar-refractivity contribution is 5.88. The zero-order valence-electron chi connectivity index (χ0n) is 20.1. The van der Waals surface area contributed by atoms with Gasteiger partial charge in [-0.15, -0.1) is 0 Å². The first-order chi connectivity index (χ1) is 16.3.